The summed E-state index contributed by atoms with van der Waals surface area (Å²) >= 11 is 1.91. The molecular formula is C17H24N2O2S. The van der Waals surface area contributed by atoms with Crippen molar-refractivity contribution in [1.82, 2.24) is 10.3 Å². The number of pyridine rings is 1. The van der Waals surface area contributed by atoms with E-state index in [1.807, 2.05) is 23.9 Å². The zero-order valence-corrected chi connectivity index (χ0v) is 13.9. The fourth-order valence-corrected chi connectivity index (χ4v) is 4.24. The average molecular weight is 320 g/mol. The molecule has 3 atom stereocenters. The highest BCUT2D eigenvalue weighted by atomic mass is 32.2. The number of hydrogen-bond donors (Lipinski definition) is 1. The summed E-state index contributed by atoms with van der Waals surface area (Å²) in [6.45, 7) is 2.22. The summed E-state index contributed by atoms with van der Waals surface area (Å²) in [5.41, 5.74) is 0.617. The number of carbonyl (C=O) groups is 1. The third kappa shape index (κ3) is 3.94. The summed E-state index contributed by atoms with van der Waals surface area (Å²) in [6.07, 6.45) is 7.74. The number of aromatic nitrogens is 1. The van der Waals surface area contributed by atoms with Gasteiger partial charge in [0.15, 0.2) is 0 Å². The SMILES string of the molecule is CC1CCCCC1NC(=O)c1ccc(OC2CCSC2)nc1. The predicted molar refractivity (Wildman–Crippen MR) is 89.5 cm³/mol. The first-order valence-corrected chi connectivity index (χ1v) is 9.39. The van der Waals surface area contributed by atoms with Crippen molar-refractivity contribution in [3.8, 4) is 5.88 Å². The van der Waals surface area contributed by atoms with Crippen molar-refractivity contribution < 1.29 is 9.53 Å². The Bertz CT molecular complexity index is 500. The molecule has 3 unspecified atom stereocenters. The van der Waals surface area contributed by atoms with Crippen LogP contribution in [0.3, 0.4) is 0 Å². The van der Waals surface area contributed by atoms with Crippen LogP contribution in [0, 0.1) is 5.92 Å². The second-order valence-electron chi connectivity index (χ2n) is 6.33. The van der Waals surface area contributed by atoms with Crippen molar-refractivity contribution in [2.24, 2.45) is 5.92 Å². The van der Waals surface area contributed by atoms with Crippen LogP contribution < -0.4 is 10.1 Å². The Balaban J connectivity index is 1.55. The fraction of sp³-hybridized carbons (Fsp3) is 0.647. The fourth-order valence-electron chi connectivity index (χ4n) is 3.14. The van der Waals surface area contributed by atoms with E-state index in [2.05, 4.69) is 17.2 Å². The van der Waals surface area contributed by atoms with Crippen molar-refractivity contribution >= 4 is 17.7 Å². The van der Waals surface area contributed by atoms with Crippen molar-refractivity contribution in [1.29, 1.82) is 0 Å². The number of nitrogens with one attached hydrogen (secondary N) is 1. The minimum absolute atomic E-state index is 0.0192. The lowest BCUT2D eigenvalue weighted by Gasteiger charge is -2.29. The lowest BCUT2D eigenvalue weighted by Crippen LogP contribution is -2.41. The number of amides is 1. The van der Waals surface area contributed by atoms with Crippen LogP contribution in [0.2, 0.25) is 0 Å². The van der Waals surface area contributed by atoms with Crippen LogP contribution in [0.15, 0.2) is 18.3 Å². The molecule has 3 rings (SSSR count). The first kappa shape index (κ1) is 15.7. The first-order valence-electron chi connectivity index (χ1n) is 8.23. The maximum atomic E-state index is 12.3. The van der Waals surface area contributed by atoms with Crippen LogP contribution in [0.25, 0.3) is 0 Å². The molecule has 1 aliphatic heterocycles. The first-order chi connectivity index (χ1) is 10.7. The second kappa shape index (κ2) is 7.36. The molecular weight excluding hydrogens is 296 g/mol. The molecule has 5 heteroatoms. The zero-order chi connectivity index (χ0) is 15.4. The van der Waals surface area contributed by atoms with E-state index in [-0.39, 0.29) is 12.0 Å². The molecule has 2 fully saturated rings. The number of thioether (sulfide) groups is 1. The van der Waals surface area contributed by atoms with E-state index < -0.39 is 0 Å². The quantitative estimate of drug-likeness (QED) is 0.925. The molecule has 1 aromatic heterocycles. The molecule has 0 bridgehead atoms. The Morgan fingerprint density at radius 1 is 1.32 bits per heavy atom. The van der Waals surface area contributed by atoms with Gasteiger partial charge in [0, 0.05) is 24.1 Å². The topological polar surface area (TPSA) is 51.2 Å². The third-order valence-electron chi connectivity index (χ3n) is 4.60. The minimum Gasteiger partial charge on any atom is -0.473 e. The van der Waals surface area contributed by atoms with Crippen molar-refractivity contribution in [3.63, 3.8) is 0 Å². The van der Waals surface area contributed by atoms with Gasteiger partial charge in [0.05, 0.1) is 5.56 Å². The molecule has 0 aromatic carbocycles. The van der Waals surface area contributed by atoms with Crippen LogP contribution >= 0.6 is 11.8 Å². The highest BCUT2D eigenvalue weighted by molar-refractivity contribution is 7.99. The average Bonchev–Trinajstić information content (AvgIpc) is 3.03. The third-order valence-corrected chi connectivity index (χ3v) is 5.73. The van der Waals surface area contributed by atoms with Gasteiger partial charge in [-0.2, -0.15) is 11.8 Å². The van der Waals surface area contributed by atoms with E-state index in [9.17, 15) is 4.79 Å². The Morgan fingerprint density at radius 2 is 2.18 bits per heavy atom. The summed E-state index contributed by atoms with van der Waals surface area (Å²) in [7, 11) is 0. The standard InChI is InChI=1S/C17H24N2O2S/c1-12-4-2-3-5-15(12)19-17(20)13-6-7-16(18-10-13)21-14-8-9-22-11-14/h6-7,10,12,14-15H,2-5,8-9,11H2,1H3,(H,19,20). The molecule has 4 nitrogen and oxygen atoms in total. The Labute approximate surface area is 136 Å². The van der Waals surface area contributed by atoms with Gasteiger partial charge in [-0.05, 0) is 37.0 Å². The monoisotopic (exact) mass is 320 g/mol. The molecule has 22 heavy (non-hydrogen) atoms. The van der Waals surface area contributed by atoms with Gasteiger partial charge < -0.3 is 10.1 Å². The molecule has 1 aromatic rings. The number of hydrogen-bond acceptors (Lipinski definition) is 4. The Hall–Kier alpha value is -1.23. The van der Waals surface area contributed by atoms with Gasteiger partial charge in [-0.1, -0.05) is 19.8 Å². The molecule has 0 spiro atoms. The molecule has 1 saturated carbocycles. The van der Waals surface area contributed by atoms with Gasteiger partial charge in [-0.3, -0.25) is 4.79 Å². The summed E-state index contributed by atoms with van der Waals surface area (Å²) in [6, 6.07) is 3.92. The molecule has 2 heterocycles. The largest absolute Gasteiger partial charge is 0.473 e. The van der Waals surface area contributed by atoms with E-state index in [0.717, 1.165) is 24.3 Å². The summed E-state index contributed by atoms with van der Waals surface area (Å²) < 4.78 is 5.81. The van der Waals surface area contributed by atoms with E-state index in [0.29, 0.717) is 23.4 Å². The van der Waals surface area contributed by atoms with Gasteiger partial charge >= 0.3 is 0 Å². The number of rotatable bonds is 4. The molecule has 1 N–H and O–H groups in total. The van der Waals surface area contributed by atoms with Gasteiger partial charge in [0.25, 0.3) is 5.91 Å². The predicted octanol–water partition coefficient (Wildman–Crippen LogP) is 3.27. The zero-order valence-electron chi connectivity index (χ0n) is 13.1. The summed E-state index contributed by atoms with van der Waals surface area (Å²) in [5.74, 6) is 3.35. The van der Waals surface area contributed by atoms with Gasteiger partial charge in [-0.15, -0.1) is 0 Å². The highest BCUT2D eigenvalue weighted by Crippen LogP contribution is 2.24. The van der Waals surface area contributed by atoms with Crippen LogP contribution in [-0.4, -0.2) is 34.5 Å². The van der Waals surface area contributed by atoms with Crippen LogP contribution in [0.4, 0.5) is 0 Å². The lowest BCUT2D eigenvalue weighted by atomic mass is 9.86. The highest BCUT2D eigenvalue weighted by Gasteiger charge is 2.23. The number of ether oxygens (including phenoxy) is 1. The Morgan fingerprint density at radius 3 is 2.86 bits per heavy atom. The van der Waals surface area contributed by atoms with Crippen molar-refractivity contribution in [3.05, 3.63) is 23.9 Å². The van der Waals surface area contributed by atoms with E-state index >= 15 is 0 Å². The van der Waals surface area contributed by atoms with Crippen LogP contribution in [-0.2, 0) is 0 Å². The molecule has 120 valence electrons. The van der Waals surface area contributed by atoms with E-state index in [4.69, 9.17) is 4.74 Å². The van der Waals surface area contributed by atoms with Crippen molar-refractivity contribution in [2.45, 2.75) is 51.2 Å². The maximum absolute atomic E-state index is 12.3. The molecule has 0 radical (unpaired) electrons. The number of nitrogens with zero attached hydrogens (tertiary/aromatic N) is 1. The van der Waals surface area contributed by atoms with Crippen LogP contribution in [0.5, 0.6) is 5.88 Å². The van der Waals surface area contributed by atoms with Crippen LogP contribution in [0.1, 0.15) is 49.4 Å². The summed E-state index contributed by atoms with van der Waals surface area (Å²) in [4.78, 5) is 16.6. The normalized spacial score (nSPS) is 28.3. The summed E-state index contributed by atoms with van der Waals surface area (Å²) in [5, 5.41) is 3.15. The van der Waals surface area contributed by atoms with E-state index in [1.165, 1.54) is 19.3 Å². The molecule has 1 aliphatic carbocycles. The Kier molecular flexibility index (Phi) is 5.24. The van der Waals surface area contributed by atoms with Gasteiger partial charge in [-0.25, -0.2) is 4.98 Å². The molecule has 1 amide bonds. The van der Waals surface area contributed by atoms with Gasteiger partial charge in [0.2, 0.25) is 5.88 Å². The molecule has 2 aliphatic rings. The molecule has 1 saturated heterocycles. The lowest BCUT2D eigenvalue weighted by molar-refractivity contribution is 0.0910. The maximum Gasteiger partial charge on any atom is 0.253 e. The van der Waals surface area contributed by atoms with Crippen molar-refractivity contribution in [2.75, 3.05) is 11.5 Å². The smallest absolute Gasteiger partial charge is 0.253 e. The number of carbonyl (C=O) groups excluding carboxylic acids is 1. The minimum atomic E-state index is -0.0192. The second-order valence-corrected chi connectivity index (χ2v) is 7.48. The van der Waals surface area contributed by atoms with Gasteiger partial charge in [0.1, 0.15) is 6.10 Å². The van der Waals surface area contributed by atoms with E-state index in [1.54, 1.807) is 6.20 Å².